The van der Waals surface area contributed by atoms with Crippen molar-refractivity contribution in [2.45, 2.75) is 60.0 Å². The maximum Gasteiger partial charge on any atom is 0.234 e. The van der Waals surface area contributed by atoms with E-state index in [1.165, 1.54) is 45.1 Å². The molecule has 1 aliphatic rings. The molecular weight excluding hydrogens is 466 g/mol. The quantitative estimate of drug-likeness (QED) is 0.167. The maximum absolute atomic E-state index is 11.9. The molecule has 1 rings (SSSR count). The third kappa shape index (κ3) is 29.8. The molecule has 37 heavy (non-hydrogen) atoms. The third-order valence-electron chi connectivity index (χ3n) is 4.91. The van der Waals surface area contributed by atoms with Gasteiger partial charge in [-0.2, -0.15) is 0 Å². The molecule has 0 radical (unpaired) electrons. The van der Waals surface area contributed by atoms with Gasteiger partial charge in [-0.05, 0) is 73.9 Å². The Bertz CT molecular complexity index is 655. The van der Waals surface area contributed by atoms with Gasteiger partial charge < -0.3 is 26.0 Å². The fraction of sp³-hybridized carbons (Fsp3) is 0.679. The van der Waals surface area contributed by atoms with Gasteiger partial charge >= 0.3 is 0 Å². The smallest absolute Gasteiger partial charge is 0.234 e. The molecular formula is C28H57N7O2. The van der Waals surface area contributed by atoms with E-state index < -0.39 is 0 Å². The van der Waals surface area contributed by atoms with Gasteiger partial charge in [0.05, 0.1) is 25.9 Å². The van der Waals surface area contributed by atoms with Crippen molar-refractivity contribution in [3.8, 4) is 0 Å². The number of aliphatic imine (C=N–C) groups is 1. The molecule has 1 aliphatic heterocycles. The molecule has 1 saturated heterocycles. The lowest BCUT2D eigenvalue weighted by molar-refractivity contribution is -0.122. The predicted octanol–water partition coefficient (Wildman–Crippen LogP) is 3.13. The number of aliphatic hydroxyl groups is 1. The largest absolute Gasteiger partial charge is 0.391 e. The van der Waals surface area contributed by atoms with E-state index in [9.17, 15) is 4.79 Å². The van der Waals surface area contributed by atoms with E-state index in [2.05, 4.69) is 54.8 Å². The fourth-order valence-corrected chi connectivity index (χ4v) is 2.88. The van der Waals surface area contributed by atoms with Crippen LogP contribution in [0.4, 0.5) is 0 Å². The Morgan fingerprint density at radius 3 is 2.27 bits per heavy atom. The summed E-state index contributed by atoms with van der Waals surface area (Å²) in [6.07, 6.45) is 12.7. The van der Waals surface area contributed by atoms with Crippen LogP contribution < -0.4 is 11.1 Å². The third-order valence-corrected chi connectivity index (χ3v) is 4.91. The van der Waals surface area contributed by atoms with Gasteiger partial charge in [0.15, 0.2) is 0 Å². The number of rotatable bonds is 13. The van der Waals surface area contributed by atoms with Crippen LogP contribution in [0.25, 0.3) is 0 Å². The van der Waals surface area contributed by atoms with E-state index in [0.29, 0.717) is 6.54 Å². The zero-order chi connectivity index (χ0) is 29.1. The van der Waals surface area contributed by atoms with Gasteiger partial charge in [-0.15, -0.1) is 0 Å². The highest BCUT2D eigenvalue weighted by Crippen LogP contribution is 2.02. The van der Waals surface area contributed by atoms with Gasteiger partial charge in [0.1, 0.15) is 5.84 Å². The second-order valence-corrected chi connectivity index (χ2v) is 8.73. The molecule has 0 aromatic rings. The number of amidine groups is 1. The highest BCUT2D eigenvalue weighted by molar-refractivity contribution is 5.86. The van der Waals surface area contributed by atoms with E-state index >= 15 is 0 Å². The summed E-state index contributed by atoms with van der Waals surface area (Å²) >= 11 is 0. The van der Waals surface area contributed by atoms with Crippen LogP contribution in [0.5, 0.6) is 0 Å². The number of amides is 1. The highest BCUT2D eigenvalue weighted by atomic mass is 16.3. The Balaban J connectivity index is -0.000000665. The SMILES string of the molecule is C=C/C(C)=C\C=C\CN(CC(=O)NCC(=N)N)C(C)/N=C/CO.CC.CCCN(C)C.CN1CCCC1. The van der Waals surface area contributed by atoms with Crippen molar-refractivity contribution in [2.24, 2.45) is 10.7 Å². The number of hydrogen-bond acceptors (Lipinski definition) is 7. The normalized spacial score (nSPS) is 14.4. The zero-order valence-corrected chi connectivity index (χ0v) is 25.0. The molecule has 5 N–H and O–H groups in total. The first kappa shape index (κ1) is 39.2. The van der Waals surface area contributed by atoms with Gasteiger partial charge in [-0.25, -0.2) is 0 Å². The van der Waals surface area contributed by atoms with Crippen LogP contribution in [0.3, 0.4) is 0 Å². The number of aliphatic hydroxyl groups excluding tert-OH is 1. The summed E-state index contributed by atoms with van der Waals surface area (Å²) in [5, 5.41) is 18.5. The monoisotopic (exact) mass is 523 g/mol. The van der Waals surface area contributed by atoms with Crippen molar-refractivity contribution >= 4 is 18.0 Å². The number of nitrogens with two attached hydrogens (primary N) is 1. The lowest BCUT2D eigenvalue weighted by Crippen LogP contribution is -2.43. The first-order valence-electron chi connectivity index (χ1n) is 13.3. The molecule has 0 bridgehead atoms. The first-order valence-corrected chi connectivity index (χ1v) is 13.3. The Labute approximate surface area is 227 Å². The maximum atomic E-state index is 11.9. The summed E-state index contributed by atoms with van der Waals surface area (Å²) in [4.78, 5) is 22.4. The molecule has 9 heteroatoms. The average Bonchev–Trinajstić information content (AvgIpc) is 3.35. The Hall–Kier alpha value is -2.33. The molecule has 1 amide bonds. The summed E-state index contributed by atoms with van der Waals surface area (Å²) in [5.74, 6) is -0.335. The summed E-state index contributed by atoms with van der Waals surface area (Å²) < 4.78 is 0. The second kappa shape index (κ2) is 28.2. The number of likely N-dealkylation sites (tertiary alicyclic amines) is 1. The van der Waals surface area contributed by atoms with Gasteiger partial charge in [0.2, 0.25) is 5.91 Å². The number of carbonyl (C=O) groups excluding carboxylic acids is 1. The van der Waals surface area contributed by atoms with Gasteiger partial charge in [-0.3, -0.25) is 20.1 Å². The van der Waals surface area contributed by atoms with E-state index in [0.717, 1.165) is 5.57 Å². The van der Waals surface area contributed by atoms with Crippen LogP contribution in [0, 0.1) is 5.41 Å². The van der Waals surface area contributed by atoms with Crippen LogP contribution in [0.2, 0.25) is 0 Å². The van der Waals surface area contributed by atoms with Crippen molar-refractivity contribution in [1.29, 1.82) is 5.41 Å². The molecule has 0 aromatic heterocycles. The topological polar surface area (TPSA) is 121 Å². The zero-order valence-electron chi connectivity index (χ0n) is 25.0. The molecule has 1 atom stereocenters. The lowest BCUT2D eigenvalue weighted by Gasteiger charge is -2.24. The molecule has 1 unspecified atom stereocenters. The minimum atomic E-state index is -0.264. The van der Waals surface area contributed by atoms with Crippen LogP contribution in [0.1, 0.15) is 53.9 Å². The van der Waals surface area contributed by atoms with Crippen LogP contribution >= 0.6 is 0 Å². The fourth-order valence-electron chi connectivity index (χ4n) is 2.88. The Morgan fingerprint density at radius 2 is 1.89 bits per heavy atom. The van der Waals surface area contributed by atoms with Crippen molar-refractivity contribution < 1.29 is 9.90 Å². The lowest BCUT2D eigenvalue weighted by atomic mass is 10.2. The Kier molecular flexibility index (Phi) is 29.9. The van der Waals surface area contributed by atoms with Gasteiger partial charge in [0.25, 0.3) is 0 Å². The minimum Gasteiger partial charge on any atom is -0.391 e. The van der Waals surface area contributed by atoms with Crippen LogP contribution in [-0.2, 0) is 4.79 Å². The van der Waals surface area contributed by atoms with Crippen LogP contribution in [-0.4, -0.2) is 111 Å². The van der Waals surface area contributed by atoms with E-state index in [1.807, 2.05) is 50.8 Å². The van der Waals surface area contributed by atoms with Gasteiger partial charge in [-0.1, -0.05) is 57.2 Å². The van der Waals surface area contributed by atoms with E-state index in [1.54, 1.807) is 6.08 Å². The predicted molar refractivity (Wildman–Crippen MR) is 162 cm³/mol. The molecule has 0 spiro atoms. The molecule has 9 nitrogen and oxygen atoms in total. The molecule has 1 heterocycles. The minimum absolute atomic E-state index is 0.0259. The second-order valence-electron chi connectivity index (χ2n) is 8.73. The first-order chi connectivity index (χ1) is 17.6. The number of nitrogens with one attached hydrogen (secondary N) is 2. The van der Waals surface area contributed by atoms with E-state index in [4.69, 9.17) is 16.2 Å². The number of hydrogen-bond donors (Lipinski definition) is 4. The van der Waals surface area contributed by atoms with Gasteiger partial charge in [0, 0.05) is 12.8 Å². The summed E-state index contributed by atoms with van der Waals surface area (Å²) in [6.45, 7) is 18.0. The van der Waals surface area contributed by atoms with Crippen LogP contribution in [0.15, 0.2) is 41.4 Å². The molecule has 0 aromatic carbocycles. The number of allylic oxidation sites excluding steroid dienone is 4. The number of carbonyl (C=O) groups is 1. The number of nitrogens with zero attached hydrogens (tertiary/aromatic N) is 4. The summed E-state index contributed by atoms with van der Waals surface area (Å²) in [6, 6.07) is 0. The van der Waals surface area contributed by atoms with Crippen molar-refractivity contribution in [3.05, 3.63) is 36.5 Å². The van der Waals surface area contributed by atoms with Crippen molar-refractivity contribution in [2.75, 3.05) is 67.0 Å². The summed E-state index contributed by atoms with van der Waals surface area (Å²) in [5.41, 5.74) is 6.25. The molecule has 1 fully saturated rings. The van der Waals surface area contributed by atoms with E-state index in [-0.39, 0.29) is 37.6 Å². The van der Waals surface area contributed by atoms with Crippen molar-refractivity contribution in [3.63, 3.8) is 0 Å². The van der Waals surface area contributed by atoms with Crippen molar-refractivity contribution in [1.82, 2.24) is 20.0 Å². The molecule has 216 valence electrons. The average molecular weight is 524 g/mol. The summed E-state index contributed by atoms with van der Waals surface area (Å²) in [7, 11) is 6.35. The highest BCUT2D eigenvalue weighted by Gasteiger charge is 2.15. The standard InChI is InChI=1S/C16H27N5O2.C5H11N.C5H13N.C2H6/c1-4-13(2)7-5-6-9-21(14(3)19-8-10-22)12-16(23)20-11-15(17)18;1-6-4-2-3-5-6;1-4-5-6(2)3;1-2/h4-8,14,22H,1,9-12H2,2-3H3,(H3,17,18)(H,20,23);2-5H2,1H3;4-5H2,1-3H3;1-2H3/b6-5+,13-7-,19-8+;;;. The molecule has 0 aliphatic carbocycles. The molecule has 0 saturated carbocycles. The Morgan fingerprint density at radius 1 is 1.30 bits per heavy atom.